The molecule has 1 aliphatic rings. The number of hydrogen-bond acceptors (Lipinski definition) is 3. The van der Waals surface area contributed by atoms with Crippen molar-refractivity contribution in [2.24, 2.45) is 0 Å². The summed E-state index contributed by atoms with van der Waals surface area (Å²) in [5, 5.41) is 6.21. The van der Waals surface area contributed by atoms with Gasteiger partial charge in [0, 0.05) is 19.1 Å². The maximum Gasteiger partial charge on any atom is 0.260 e. The van der Waals surface area contributed by atoms with Crippen molar-refractivity contribution in [3.63, 3.8) is 0 Å². The average molecular weight is 262 g/mol. The van der Waals surface area contributed by atoms with Crippen LogP contribution in [0.25, 0.3) is 0 Å². The molecule has 19 heavy (non-hydrogen) atoms. The zero-order valence-corrected chi connectivity index (χ0v) is 11.6. The van der Waals surface area contributed by atoms with Gasteiger partial charge in [-0.3, -0.25) is 4.79 Å². The highest BCUT2D eigenvalue weighted by Gasteiger charge is 2.19. The monoisotopic (exact) mass is 262 g/mol. The lowest BCUT2D eigenvalue weighted by Crippen LogP contribution is -2.36. The molecule has 0 aliphatic heterocycles. The molecule has 4 nitrogen and oxygen atoms in total. The van der Waals surface area contributed by atoms with Gasteiger partial charge in [-0.2, -0.15) is 0 Å². The van der Waals surface area contributed by atoms with Crippen LogP contribution in [0, 0.1) is 0 Å². The first-order chi connectivity index (χ1) is 9.19. The van der Waals surface area contributed by atoms with Gasteiger partial charge in [0.15, 0.2) is 6.10 Å². The van der Waals surface area contributed by atoms with E-state index >= 15 is 0 Å². The summed E-state index contributed by atoms with van der Waals surface area (Å²) in [5.41, 5.74) is 1.24. The lowest BCUT2D eigenvalue weighted by Gasteiger charge is -2.14. The second-order valence-electron chi connectivity index (χ2n) is 4.95. The van der Waals surface area contributed by atoms with Crippen molar-refractivity contribution in [2.45, 2.75) is 45.4 Å². The topological polar surface area (TPSA) is 50.4 Å². The number of likely N-dealkylation sites (N-methyl/N-ethyl adjacent to an activating group) is 1. The number of ether oxygens (including phenoxy) is 1. The molecule has 0 saturated heterocycles. The standard InChI is InChI=1S/C15H22N2O2/c1-3-16-15(18)11(2)19-14-8-4-12(5-9-14)10-17-13-6-7-13/h4-5,8-9,11,13,17H,3,6-7,10H2,1-2H3,(H,16,18). The first-order valence-corrected chi connectivity index (χ1v) is 6.95. The van der Waals surface area contributed by atoms with Crippen LogP contribution < -0.4 is 15.4 Å². The van der Waals surface area contributed by atoms with Crippen molar-refractivity contribution < 1.29 is 9.53 Å². The van der Waals surface area contributed by atoms with Gasteiger partial charge in [0.25, 0.3) is 5.91 Å². The summed E-state index contributed by atoms with van der Waals surface area (Å²) in [6.07, 6.45) is 2.13. The molecule has 1 aromatic carbocycles. The normalized spacial score (nSPS) is 15.9. The molecular weight excluding hydrogens is 240 g/mol. The molecule has 0 spiro atoms. The van der Waals surface area contributed by atoms with Gasteiger partial charge in [-0.1, -0.05) is 12.1 Å². The molecule has 0 radical (unpaired) electrons. The van der Waals surface area contributed by atoms with Crippen LogP contribution in [0.4, 0.5) is 0 Å². The van der Waals surface area contributed by atoms with E-state index in [9.17, 15) is 4.79 Å². The molecular formula is C15H22N2O2. The summed E-state index contributed by atoms with van der Waals surface area (Å²) in [6, 6.07) is 8.62. The Morgan fingerprint density at radius 1 is 1.37 bits per heavy atom. The lowest BCUT2D eigenvalue weighted by atomic mass is 10.2. The molecule has 2 rings (SSSR count). The molecule has 0 heterocycles. The first kappa shape index (κ1) is 13.9. The van der Waals surface area contributed by atoms with Gasteiger partial charge in [0.2, 0.25) is 0 Å². The number of rotatable bonds is 7. The fourth-order valence-electron chi connectivity index (χ4n) is 1.81. The summed E-state index contributed by atoms with van der Waals surface area (Å²) in [6.45, 7) is 5.18. The molecule has 0 aromatic heterocycles. The van der Waals surface area contributed by atoms with E-state index < -0.39 is 6.10 Å². The zero-order chi connectivity index (χ0) is 13.7. The lowest BCUT2D eigenvalue weighted by molar-refractivity contribution is -0.127. The Morgan fingerprint density at radius 3 is 2.63 bits per heavy atom. The SMILES string of the molecule is CCNC(=O)C(C)Oc1ccc(CNC2CC2)cc1. The molecule has 1 aliphatic carbocycles. The van der Waals surface area contributed by atoms with Gasteiger partial charge in [-0.05, 0) is 44.4 Å². The third-order valence-electron chi connectivity index (χ3n) is 3.13. The van der Waals surface area contributed by atoms with Crippen LogP contribution in [0.3, 0.4) is 0 Å². The van der Waals surface area contributed by atoms with Crippen molar-refractivity contribution in [3.8, 4) is 5.75 Å². The Morgan fingerprint density at radius 2 is 2.05 bits per heavy atom. The molecule has 1 aromatic rings. The van der Waals surface area contributed by atoms with E-state index in [1.54, 1.807) is 6.92 Å². The predicted molar refractivity (Wildman–Crippen MR) is 75.1 cm³/mol. The number of amides is 1. The van der Waals surface area contributed by atoms with Crippen LogP contribution in [0.1, 0.15) is 32.3 Å². The second-order valence-corrected chi connectivity index (χ2v) is 4.95. The molecule has 1 amide bonds. The Bertz CT molecular complexity index is 413. The fraction of sp³-hybridized carbons (Fsp3) is 0.533. The first-order valence-electron chi connectivity index (χ1n) is 6.95. The maximum atomic E-state index is 11.6. The summed E-state index contributed by atoms with van der Waals surface area (Å²) >= 11 is 0. The van der Waals surface area contributed by atoms with Crippen molar-refractivity contribution in [3.05, 3.63) is 29.8 Å². The molecule has 0 bridgehead atoms. The van der Waals surface area contributed by atoms with Crippen molar-refractivity contribution >= 4 is 5.91 Å². The van der Waals surface area contributed by atoms with Crippen molar-refractivity contribution in [1.29, 1.82) is 0 Å². The van der Waals surface area contributed by atoms with Gasteiger partial charge in [-0.15, -0.1) is 0 Å². The minimum absolute atomic E-state index is 0.0815. The fourth-order valence-corrected chi connectivity index (χ4v) is 1.81. The number of carbonyl (C=O) groups is 1. The number of carbonyl (C=O) groups excluding carboxylic acids is 1. The third-order valence-corrected chi connectivity index (χ3v) is 3.13. The predicted octanol–water partition coefficient (Wildman–Crippen LogP) is 1.84. The molecule has 1 unspecified atom stereocenters. The highest BCUT2D eigenvalue weighted by molar-refractivity contribution is 5.80. The van der Waals surface area contributed by atoms with Gasteiger partial charge >= 0.3 is 0 Å². The Hall–Kier alpha value is -1.55. The maximum absolute atomic E-state index is 11.6. The van der Waals surface area contributed by atoms with Crippen molar-refractivity contribution in [1.82, 2.24) is 10.6 Å². The Balaban J connectivity index is 1.81. The average Bonchev–Trinajstić information content (AvgIpc) is 3.22. The van der Waals surface area contributed by atoms with E-state index in [-0.39, 0.29) is 5.91 Å². The van der Waals surface area contributed by atoms with E-state index in [0.717, 1.165) is 12.3 Å². The third kappa shape index (κ3) is 4.56. The Kier molecular flexibility index (Phi) is 4.80. The smallest absolute Gasteiger partial charge is 0.260 e. The molecule has 2 N–H and O–H groups in total. The van der Waals surface area contributed by atoms with E-state index in [2.05, 4.69) is 10.6 Å². The zero-order valence-electron chi connectivity index (χ0n) is 11.6. The van der Waals surface area contributed by atoms with Crippen LogP contribution >= 0.6 is 0 Å². The molecule has 1 atom stereocenters. The summed E-state index contributed by atoms with van der Waals surface area (Å²) < 4.78 is 5.59. The van der Waals surface area contributed by atoms with Crippen LogP contribution in [-0.2, 0) is 11.3 Å². The minimum Gasteiger partial charge on any atom is -0.481 e. The van der Waals surface area contributed by atoms with Crippen LogP contribution in [0.2, 0.25) is 0 Å². The number of nitrogens with one attached hydrogen (secondary N) is 2. The van der Waals surface area contributed by atoms with Gasteiger partial charge in [0.05, 0.1) is 0 Å². The van der Waals surface area contributed by atoms with Crippen LogP contribution in [0.15, 0.2) is 24.3 Å². The van der Waals surface area contributed by atoms with E-state index in [0.29, 0.717) is 12.6 Å². The Labute approximate surface area is 114 Å². The van der Waals surface area contributed by atoms with Crippen LogP contribution in [0.5, 0.6) is 5.75 Å². The van der Waals surface area contributed by atoms with E-state index in [1.165, 1.54) is 18.4 Å². The van der Waals surface area contributed by atoms with E-state index in [1.807, 2.05) is 31.2 Å². The quantitative estimate of drug-likeness (QED) is 0.788. The van der Waals surface area contributed by atoms with Gasteiger partial charge in [-0.25, -0.2) is 0 Å². The summed E-state index contributed by atoms with van der Waals surface area (Å²) in [5.74, 6) is 0.649. The highest BCUT2D eigenvalue weighted by atomic mass is 16.5. The number of benzene rings is 1. The molecule has 1 fully saturated rings. The van der Waals surface area contributed by atoms with E-state index in [4.69, 9.17) is 4.74 Å². The van der Waals surface area contributed by atoms with Gasteiger partial charge in [0.1, 0.15) is 5.75 Å². The second kappa shape index (κ2) is 6.57. The molecule has 104 valence electrons. The van der Waals surface area contributed by atoms with Gasteiger partial charge < -0.3 is 15.4 Å². The molecule has 1 saturated carbocycles. The largest absolute Gasteiger partial charge is 0.481 e. The summed E-state index contributed by atoms with van der Waals surface area (Å²) in [4.78, 5) is 11.6. The van der Waals surface area contributed by atoms with Crippen molar-refractivity contribution in [2.75, 3.05) is 6.54 Å². The summed E-state index contributed by atoms with van der Waals surface area (Å²) in [7, 11) is 0. The minimum atomic E-state index is -0.463. The van der Waals surface area contributed by atoms with Crippen LogP contribution in [-0.4, -0.2) is 24.6 Å². The molecule has 4 heteroatoms. The highest BCUT2D eigenvalue weighted by Crippen LogP contribution is 2.20. The number of hydrogen-bond donors (Lipinski definition) is 2.